The van der Waals surface area contributed by atoms with E-state index in [0.717, 1.165) is 32.5 Å². The lowest BCUT2D eigenvalue weighted by molar-refractivity contribution is 0.0172. The lowest BCUT2D eigenvalue weighted by Gasteiger charge is -2.39. The summed E-state index contributed by atoms with van der Waals surface area (Å²) in [5, 5.41) is 3.47. The summed E-state index contributed by atoms with van der Waals surface area (Å²) in [6.07, 6.45) is 5.50. The molecule has 2 aliphatic heterocycles. The Balaban J connectivity index is 1.68. The van der Waals surface area contributed by atoms with Crippen LogP contribution in [-0.4, -0.2) is 41.2 Å². The van der Waals surface area contributed by atoms with Crippen LogP contribution in [0.3, 0.4) is 0 Å². The van der Waals surface area contributed by atoms with Crippen molar-refractivity contribution in [1.29, 1.82) is 0 Å². The van der Waals surface area contributed by atoms with Crippen LogP contribution in [0.2, 0.25) is 0 Å². The lowest BCUT2D eigenvalue weighted by atomic mass is 9.75. The number of amides is 1. The third-order valence-corrected chi connectivity index (χ3v) is 4.38. The van der Waals surface area contributed by atoms with Crippen molar-refractivity contribution < 1.29 is 9.53 Å². The van der Waals surface area contributed by atoms with E-state index >= 15 is 0 Å². The van der Waals surface area contributed by atoms with Gasteiger partial charge in [0.1, 0.15) is 5.60 Å². The maximum absolute atomic E-state index is 12.1. The molecule has 114 valence electrons. The Bertz CT molecular complexity index is 543. The van der Waals surface area contributed by atoms with Gasteiger partial charge in [0.05, 0.1) is 0 Å². The summed E-state index contributed by atoms with van der Waals surface area (Å²) in [5.41, 5.74) is 2.18. The lowest BCUT2D eigenvalue weighted by Crippen LogP contribution is -2.47. The molecule has 0 radical (unpaired) electrons. The van der Waals surface area contributed by atoms with E-state index in [0.29, 0.717) is 0 Å². The smallest absolute Gasteiger partial charge is 0.410 e. The first kappa shape index (κ1) is 14.2. The number of carbonyl (C=O) groups excluding carboxylic acids is 1. The van der Waals surface area contributed by atoms with Gasteiger partial charge in [0.25, 0.3) is 0 Å². The topological polar surface area (TPSA) is 54.5 Å². The van der Waals surface area contributed by atoms with Crippen molar-refractivity contribution in [3.63, 3.8) is 0 Å². The van der Waals surface area contributed by atoms with Crippen LogP contribution in [0.4, 0.5) is 10.5 Å². The molecule has 0 aliphatic carbocycles. The van der Waals surface area contributed by atoms with Crippen molar-refractivity contribution in [2.75, 3.05) is 25.0 Å². The molecule has 3 rings (SSSR count). The Morgan fingerprint density at radius 3 is 2.76 bits per heavy atom. The number of carbonyl (C=O) groups is 1. The number of piperidine rings is 1. The van der Waals surface area contributed by atoms with Gasteiger partial charge >= 0.3 is 6.09 Å². The van der Waals surface area contributed by atoms with E-state index in [9.17, 15) is 4.79 Å². The fourth-order valence-corrected chi connectivity index (χ4v) is 3.22. The summed E-state index contributed by atoms with van der Waals surface area (Å²) < 4.78 is 5.46. The Hall–Kier alpha value is -1.78. The van der Waals surface area contributed by atoms with E-state index in [1.807, 2.05) is 44.1 Å². The van der Waals surface area contributed by atoms with Gasteiger partial charge in [0.15, 0.2) is 0 Å². The van der Waals surface area contributed by atoms with Crippen molar-refractivity contribution in [1.82, 2.24) is 9.88 Å². The molecule has 0 saturated carbocycles. The standard InChI is InChI=1S/C16H23N3O2/c1-15(2,3)21-14(20)19-8-5-16(6-9-19)11-18-13-4-7-17-10-12(13)16/h4,7,10,18H,5-6,8-9,11H2,1-3H3. The Kier molecular flexibility index (Phi) is 3.30. The highest BCUT2D eigenvalue weighted by Crippen LogP contribution is 2.43. The Labute approximate surface area is 125 Å². The largest absolute Gasteiger partial charge is 0.444 e. The normalized spacial score (nSPS) is 20.0. The third kappa shape index (κ3) is 2.69. The van der Waals surface area contributed by atoms with E-state index < -0.39 is 5.60 Å². The molecule has 0 unspecified atom stereocenters. The van der Waals surface area contributed by atoms with Gasteiger partial charge < -0.3 is 15.0 Å². The number of nitrogens with zero attached hydrogens (tertiary/aromatic N) is 2. The summed E-state index contributed by atoms with van der Waals surface area (Å²) in [7, 11) is 0. The second kappa shape index (κ2) is 4.90. The van der Waals surface area contributed by atoms with Crippen molar-refractivity contribution in [2.24, 2.45) is 0 Å². The average molecular weight is 289 g/mol. The van der Waals surface area contributed by atoms with E-state index in [1.165, 1.54) is 11.3 Å². The molecule has 1 saturated heterocycles. The maximum atomic E-state index is 12.1. The Morgan fingerprint density at radius 2 is 2.10 bits per heavy atom. The summed E-state index contributed by atoms with van der Waals surface area (Å²) in [6.45, 7) is 8.13. The fraction of sp³-hybridized carbons (Fsp3) is 0.625. The summed E-state index contributed by atoms with van der Waals surface area (Å²) in [6, 6.07) is 2.03. The van der Waals surface area contributed by atoms with E-state index in [4.69, 9.17) is 4.74 Å². The molecule has 1 spiro atoms. The quantitative estimate of drug-likeness (QED) is 0.798. The van der Waals surface area contributed by atoms with Crippen LogP contribution >= 0.6 is 0 Å². The van der Waals surface area contributed by atoms with Crippen molar-refractivity contribution >= 4 is 11.8 Å². The van der Waals surface area contributed by atoms with Crippen LogP contribution in [0.25, 0.3) is 0 Å². The van der Waals surface area contributed by atoms with Crippen LogP contribution in [0, 0.1) is 0 Å². The van der Waals surface area contributed by atoms with Gasteiger partial charge in [0, 0.05) is 48.7 Å². The molecule has 1 amide bonds. The molecule has 1 aromatic heterocycles. The highest BCUT2D eigenvalue weighted by atomic mass is 16.6. The van der Waals surface area contributed by atoms with Crippen molar-refractivity contribution in [3.8, 4) is 0 Å². The first-order chi connectivity index (χ1) is 9.90. The Morgan fingerprint density at radius 1 is 1.38 bits per heavy atom. The number of pyridine rings is 1. The van der Waals surface area contributed by atoms with Gasteiger partial charge in [-0.25, -0.2) is 4.79 Å². The monoisotopic (exact) mass is 289 g/mol. The summed E-state index contributed by atoms with van der Waals surface area (Å²) in [4.78, 5) is 18.2. The minimum Gasteiger partial charge on any atom is -0.444 e. The number of fused-ring (bicyclic) bond motifs is 2. The molecule has 0 atom stereocenters. The predicted octanol–water partition coefficient (Wildman–Crippen LogP) is 2.78. The first-order valence-corrected chi connectivity index (χ1v) is 7.56. The second-order valence-electron chi connectivity index (χ2n) is 7.02. The predicted molar refractivity (Wildman–Crippen MR) is 81.4 cm³/mol. The van der Waals surface area contributed by atoms with Gasteiger partial charge in [-0.2, -0.15) is 0 Å². The second-order valence-corrected chi connectivity index (χ2v) is 7.02. The first-order valence-electron chi connectivity index (χ1n) is 7.56. The molecule has 2 aliphatic rings. The molecule has 0 aromatic carbocycles. The van der Waals surface area contributed by atoms with Crippen LogP contribution in [0.1, 0.15) is 39.2 Å². The van der Waals surface area contributed by atoms with Crippen LogP contribution in [-0.2, 0) is 10.2 Å². The van der Waals surface area contributed by atoms with Crippen molar-refractivity contribution in [2.45, 2.75) is 44.6 Å². The zero-order valence-electron chi connectivity index (χ0n) is 13.0. The molecule has 1 N–H and O–H groups in total. The number of aromatic nitrogens is 1. The van der Waals surface area contributed by atoms with Crippen LogP contribution in [0.15, 0.2) is 18.5 Å². The van der Waals surface area contributed by atoms with E-state index in [1.54, 1.807) is 0 Å². The van der Waals surface area contributed by atoms with E-state index in [2.05, 4.69) is 10.3 Å². The molecule has 0 bridgehead atoms. The number of rotatable bonds is 0. The molecule has 21 heavy (non-hydrogen) atoms. The zero-order valence-corrected chi connectivity index (χ0v) is 13.0. The highest BCUT2D eigenvalue weighted by Gasteiger charge is 2.42. The van der Waals surface area contributed by atoms with E-state index in [-0.39, 0.29) is 11.5 Å². The van der Waals surface area contributed by atoms with Gasteiger partial charge in [-0.15, -0.1) is 0 Å². The number of nitrogens with one attached hydrogen (secondary N) is 1. The number of ether oxygens (including phenoxy) is 1. The van der Waals surface area contributed by atoms with Gasteiger partial charge in [-0.1, -0.05) is 0 Å². The SMILES string of the molecule is CC(C)(C)OC(=O)N1CCC2(CC1)CNc1ccncc12. The molecular weight excluding hydrogens is 266 g/mol. The number of hydrogen-bond donors (Lipinski definition) is 1. The van der Waals surface area contributed by atoms with Crippen LogP contribution < -0.4 is 5.32 Å². The fourth-order valence-electron chi connectivity index (χ4n) is 3.22. The molecule has 5 nitrogen and oxygen atoms in total. The highest BCUT2D eigenvalue weighted by molar-refractivity contribution is 5.68. The van der Waals surface area contributed by atoms with Gasteiger partial charge in [0.2, 0.25) is 0 Å². The molecule has 1 aromatic rings. The molecule has 1 fully saturated rings. The minimum atomic E-state index is -0.433. The average Bonchev–Trinajstić information content (AvgIpc) is 2.77. The maximum Gasteiger partial charge on any atom is 0.410 e. The summed E-state index contributed by atoms with van der Waals surface area (Å²) in [5.74, 6) is 0. The number of likely N-dealkylation sites (tertiary alicyclic amines) is 1. The molecular formula is C16H23N3O2. The third-order valence-electron chi connectivity index (χ3n) is 4.38. The van der Waals surface area contributed by atoms with Crippen LogP contribution in [0.5, 0.6) is 0 Å². The van der Waals surface area contributed by atoms with Crippen molar-refractivity contribution in [3.05, 3.63) is 24.0 Å². The number of hydrogen-bond acceptors (Lipinski definition) is 4. The summed E-state index contributed by atoms with van der Waals surface area (Å²) >= 11 is 0. The number of anilines is 1. The van der Waals surface area contributed by atoms with Gasteiger partial charge in [-0.3, -0.25) is 4.98 Å². The van der Waals surface area contributed by atoms with Gasteiger partial charge in [-0.05, 0) is 39.7 Å². The molecule has 5 heteroatoms. The zero-order chi connectivity index (χ0) is 15.1. The minimum absolute atomic E-state index is 0.127. The molecule has 3 heterocycles.